The highest BCUT2D eigenvalue weighted by molar-refractivity contribution is 5.92. The Labute approximate surface area is 130 Å². The van der Waals surface area contributed by atoms with Crippen LogP contribution in [0.5, 0.6) is 0 Å². The molecular formula is C17H22N4O. The van der Waals surface area contributed by atoms with Crippen LogP contribution in [0.15, 0.2) is 37.1 Å². The normalized spacial score (nSPS) is 21.5. The summed E-state index contributed by atoms with van der Waals surface area (Å²) in [6.07, 6.45) is 12.8. The Morgan fingerprint density at radius 2 is 2.14 bits per heavy atom. The monoisotopic (exact) mass is 298 g/mol. The molecule has 0 bridgehead atoms. The summed E-state index contributed by atoms with van der Waals surface area (Å²) in [5, 5.41) is 3.13. The van der Waals surface area contributed by atoms with Gasteiger partial charge in [-0.25, -0.2) is 4.98 Å². The molecule has 1 N–H and O–H groups in total. The number of hydrogen-bond acceptors (Lipinski definition) is 3. The molecule has 3 rings (SSSR count). The highest BCUT2D eigenvalue weighted by Crippen LogP contribution is 2.26. The number of aromatic nitrogens is 3. The Kier molecular flexibility index (Phi) is 4.51. The second-order valence-corrected chi connectivity index (χ2v) is 5.97. The smallest absolute Gasteiger partial charge is 0.270 e. The number of carbonyl (C=O) groups excluding carboxylic acids is 1. The molecule has 0 saturated heterocycles. The summed E-state index contributed by atoms with van der Waals surface area (Å²) in [4.78, 5) is 20.6. The fourth-order valence-corrected chi connectivity index (χ4v) is 3.09. The van der Waals surface area contributed by atoms with Crippen LogP contribution in [-0.4, -0.2) is 26.5 Å². The summed E-state index contributed by atoms with van der Waals surface area (Å²) in [6.45, 7) is 2.25. The van der Waals surface area contributed by atoms with E-state index in [9.17, 15) is 4.79 Å². The van der Waals surface area contributed by atoms with Gasteiger partial charge < -0.3 is 9.88 Å². The molecule has 1 fully saturated rings. The van der Waals surface area contributed by atoms with Gasteiger partial charge in [-0.15, -0.1) is 0 Å². The molecule has 0 spiro atoms. The Bertz CT molecular complexity index is 615. The lowest BCUT2D eigenvalue weighted by Crippen LogP contribution is -2.38. The number of amides is 1. The Hall–Kier alpha value is -2.17. The molecule has 2 aromatic rings. The third-order valence-electron chi connectivity index (χ3n) is 4.54. The van der Waals surface area contributed by atoms with E-state index in [1.165, 1.54) is 19.3 Å². The van der Waals surface area contributed by atoms with Gasteiger partial charge in [-0.05, 0) is 43.7 Å². The Morgan fingerprint density at radius 3 is 2.82 bits per heavy atom. The largest absolute Gasteiger partial charge is 0.348 e. The van der Waals surface area contributed by atoms with Crippen LogP contribution in [0.25, 0.3) is 5.69 Å². The fourth-order valence-electron chi connectivity index (χ4n) is 3.09. The molecule has 22 heavy (non-hydrogen) atoms. The summed E-state index contributed by atoms with van der Waals surface area (Å²) in [5.41, 5.74) is 1.36. The van der Waals surface area contributed by atoms with E-state index in [0.29, 0.717) is 5.69 Å². The van der Waals surface area contributed by atoms with E-state index in [1.807, 2.05) is 16.8 Å². The van der Waals surface area contributed by atoms with Crippen molar-refractivity contribution in [3.63, 3.8) is 0 Å². The summed E-state index contributed by atoms with van der Waals surface area (Å²) in [7, 11) is 0. The lowest BCUT2D eigenvalue weighted by Gasteiger charge is -2.28. The maximum atomic E-state index is 12.4. The van der Waals surface area contributed by atoms with Crippen LogP contribution in [0.4, 0.5) is 0 Å². The van der Waals surface area contributed by atoms with Gasteiger partial charge in [0, 0.05) is 24.6 Å². The van der Waals surface area contributed by atoms with Gasteiger partial charge in [-0.1, -0.05) is 13.3 Å². The molecule has 0 radical (unpaired) electrons. The number of carbonyl (C=O) groups is 1. The number of rotatable bonds is 4. The average molecular weight is 298 g/mol. The third-order valence-corrected chi connectivity index (χ3v) is 4.54. The zero-order valence-electron chi connectivity index (χ0n) is 12.9. The van der Waals surface area contributed by atoms with E-state index >= 15 is 0 Å². The topological polar surface area (TPSA) is 59.8 Å². The van der Waals surface area contributed by atoms with Crippen molar-refractivity contribution in [1.29, 1.82) is 0 Å². The minimum atomic E-state index is -0.0816. The number of pyridine rings is 1. The predicted molar refractivity (Wildman–Crippen MR) is 84.9 cm³/mol. The molecule has 5 heteroatoms. The molecule has 1 amide bonds. The van der Waals surface area contributed by atoms with Gasteiger partial charge in [0.15, 0.2) is 0 Å². The highest BCUT2D eigenvalue weighted by Gasteiger charge is 2.22. The molecule has 0 unspecified atom stereocenters. The number of nitrogens with zero attached hydrogens (tertiary/aromatic N) is 3. The van der Waals surface area contributed by atoms with Gasteiger partial charge in [0.25, 0.3) is 5.91 Å². The molecule has 2 aromatic heterocycles. The number of imidazole rings is 1. The molecule has 0 aromatic carbocycles. The second kappa shape index (κ2) is 6.73. The van der Waals surface area contributed by atoms with E-state index in [2.05, 4.69) is 22.2 Å². The standard InChI is InChI=1S/C17H22N4O/c1-2-13-3-5-14(6-4-13)20-17(22)16-11-15(7-8-19-16)21-10-9-18-12-21/h7-14H,2-6H2,1H3,(H,20,22). The maximum Gasteiger partial charge on any atom is 0.270 e. The van der Waals surface area contributed by atoms with Gasteiger partial charge in [-0.3, -0.25) is 9.78 Å². The van der Waals surface area contributed by atoms with Crippen molar-refractivity contribution < 1.29 is 4.79 Å². The highest BCUT2D eigenvalue weighted by atomic mass is 16.1. The molecule has 5 nitrogen and oxygen atoms in total. The Balaban J connectivity index is 1.64. The molecular weight excluding hydrogens is 276 g/mol. The van der Waals surface area contributed by atoms with Crippen LogP contribution < -0.4 is 5.32 Å². The molecule has 0 aliphatic heterocycles. The number of nitrogens with one attached hydrogen (secondary N) is 1. The van der Waals surface area contributed by atoms with Crippen LogP contribution in [-0.2, 0) is 0 Å². The third kappa shape index (κ3) is 3.35. The Morgan fingerprint density at radius 1 is 1.32 bits per heavy atom. The first kappa shape index (κ1) is 14.8. The lowest BCUT2D eigenvalue weighted by atomic mass is 9.84. The molecule has 116 valence electrons. The van der Waals surface area contributed by atoms with Gasteiger partial charge in [0.05, 0.1) is 12.0 Å². The van der Waals surface area contributed by atoms with Crippen molar-refractivity contribution in [1.82, 2.24) is 19.9 Å². The van der Waals surface area contributed by atoms with Crippen molar-refractivity contribution >= 4 is 5.91 Å². The van der Waals surface area contributed by atoms with Crippen LogP contribution in [0.1, 0.15) is 49.5 Å². The average Bonchev–Trinajstić information content (AvgIpc) is 3.10. The van der Waals surface area contributed by atoms with Gasteiger partial charge >= 0.3 is 0 Å². The molecule has 2 heterocycles. The summed E-state index contributed by atoms with van der Waals surface area (Å²) >= 11 is 0. The van der Waals surface area contributed by atoms with E-state index in [0.717, 1.165) is 24.4 Å². The van der Waals surface area contributed by atoms with Crippen molar-refractivity contribution in [2.24, 2.45) is 5.92 Å². The minimum absolute atomic E-state index is 0.0816. The fraction of sp³-hybridized carbons (Fsp3) is 0.471. The molecule has 1 aliphatic rings. The summed E-state index contributed by atoms with van der Waals surface area (Å²) < 4.78 is 1.87. The van der Waals surface area contributed by atoms with Crippen LogP contribution in [0.2, 0.25) is 0 Å². The number of hydrogen-bond donors (Lipinski definition) is 1. The SMILES string of the molecule is CCC1CCC(NC(=O)c2cc(-n3ccnc3)ccn2)CC1. The van der Waals surface area contributed by atoms with E-state index in [1.54, 1.807) is 24.8 Å². The lowest BCUT2D eigenvalue weighted by molar-refractivity contribution is 0.0916. The second-order valence-electron chi connectivity index (χ2n) is 5.97. The molecule has 0 atom stereocenters. The van der Waals surface area contributed by atoms with Crippen molar-refractivity contribution in [2.45, 2.75) is 45.1 Å². The van der Waals surface area contributed by atoms with Gasteiger partial charge in [-0.2, -0.15) is 0 Å². The zero-order valence-corrected chi connectivity index (χ0v) is 12.9. The van der Waals surface area contributed by atoms with Gasteiger partial charge in [0.1, 0.15) is 5.69 Å². The van der Waals surface area contributed by atoms with Crippen molar-refractivity contribution in [3.8, 4) is 5.69 Å². The zero-order chi connectivity index (χ0) is 15.4. The summed E-state index contributed by atoms with van der Waals surface area (Å²) in [6, 6.07) is 3.95. The molecule has 1 aliphatic carbocycles. The van der Waals surface area contributed by atoms with Crippen molar-refractivity contribution in [3.05, 3.63) is 42.7 Å². The minimum Gasteiger partial charge on any atom is -0.348 e. The maximum absolute atomic E-state index is 12.4. The van der Waals surface area contributed by atoms with Gasteiger partial charge in [0.2, 0.25) is 0 Å². The van der Waals surface area contributed by atoms with E-state index < -0.39 is 0 Å². The summed E-state index contributed by atoms with van der Waals surface area (Å²) in [5.74, 6) is 0.748. The molecule has 1 saturated carbocycles. The first-order valence-electron chi connectivity index (χ1n) is 8.01. The van der Waals surface area contributed by atoms with E-state index in [4.69, 9.17) is 0 Å². The predicted octanol–water partition coefficient (Wildman–Crippen LogP) is 2.97. The quantitative estimate of drug-likeness (QED) is 0.944. The van der Waals surface area contributed by atoms with Crippen LogP contribution in [0.3, 0.4) is 0 Å². The van der Waals surface area contributed by atoms with Crippen LogP contribution in [0, 0.1) is 5.92 Å². The van der Waals surface area contributed by atoms with E-state index in [-0.39, 0.29) is 11.9 Å². The first-order valence-corrected chi connectivity index (χ1v) is 8.01. The van der Waals surface area contributed by atoms with Crippen LogP contribution >= 0.6 is 0 Å². The first-order chi connectivity index (χ1) is 10.8. The van der Waals surface area contributed by atoms with Crippen molar-refractivity contribution in [2.75, 3.05) is 0 Å².